The second kappa shape index (κ2) is 7.33. The van der Waals surface area contributed by atoms with E-state index in [9.17, 15) is 8.42 Å². The summed E-state index contributed by atoms with van der Waals surface area (Å²) < 4.78 is 37.0. The van der Waals surface area contributed by atoms with Crippen LogP contribution in [0.15, 0.2) is 59.6 Å². The minimum Gasteiger partial charge on any atom is -0.454 e. The first-order valence-corrected chi connectivity index (χ1v) is 9.83. The van der Waals surface area contributed by atoms with E-state index in [4.69, 9.17) is 9.47 Å². The number of nitrogens with one attached hydrogen (secondary N) is 3. The number of aromatic nitrogens is 2. The van der Waals surface area contributed by atoms with Crippen LogP contribution in [0.2, 0.25) is 0 Å². The van der Waals surface area contributed by atoms with Gasteiger partial charge in [-0.05, 0) is 43.4 Å². The van der Waals surface area contributed by atoms with Gasteiger partial charge < -0.3 is 20.1 Å². The number of fused-ring (bicyclic) bond motifs is 1. The lowest BCUT2D eigenvalue weighted by atomic mass is 10.2. The van der Waals surface area contributed by atoms with Crippen molar-refractivity contribution in [3.8, 4) is 11.5 Å². The van der Waals surface area contributed by atoms with Crippen LogP contribution >= 0.6 is 0 Å². The molecule has 0 saturated heterocycles. The molecule has 144 valence electrons. The Hall–Kier alpha value is -3.37. The van der Waals surface area contributed by atoms with Crippen LogP contribution < -0.4 is 24.8 Å². The summed E-state index contributed by atoms with van der Waals surface area (Å²) in [6.45, 7) is 0.177. The Bertz CT molecular complexity index is 1120. The number of benzene rings is 2. The lowest BCUT2D eigenvalue weighted by Gasteiger charge is -2.11. The normalized spacial score (nSPS) is 12.6. The highest BCUT2D eigenvalue weighted by atomic mass is 32.2. The van der Waals surface area contributed by atoms with Crippen LogP contribution in [0, 0.1) is 0 Å². The van der Waals surface area contributed by atoms with E-state index >= 15 is 0 Å². The number of para-hydroxylation sites is 1. The lowest BCUT2D eigenvalue weighted by molar-refractivity contribution is 0.174. The van der Waals surface area contributed by atoms with E-state index in [1.165, 1.54) is 19.2 Å². The van der Waals surface area contributed by atoms with Gasteiger partial charge in [0.05, 0.1) is 10.6 Å². The van der Waals surface area contributed by atoms with Crippen LogP contribution in [0.4, 0.5) is 23.1 Å². The first-order valence-electron chi connectivity index (χ1n) is 8.34. The standard InChI is InChI=1S/C18H17N5O4S/c1-19-28(24,25)13-5-2-4-12(10-13)21-18-20-9-8-16(23-18)22-14-6-3-7-15-17(14)27-11-26-15/h2-10,19H,11H2,1H3,(H2,20,21,22,23). The molecule has 0 spiro atoms. The Morgan fingerprint density at radius 3 is 2.75 bits per heavy atom. The predicted octanol–water partition coefficient (Wildman–Crippen LogP) is 2.60. The van der Waals surface area contributed by atoms with Crippen LogP contribution in [-0.2, 0) is 10.0 Å². The minimum absolute atomic E-state index is 0.145. The predicted molar refractivity (Wildman–Crippen MR) is 104 cm³/mol. The molecule has 4 rings (SSSR count). The van der Waals surface area contributed by atoms with Crippen LogP contribution in [0.25, 0.3) is 0 Å². The maximum atomic E-state index is 12.0. The van der Waals surface area contributed by atoms with E-state index in [0.29, 0.717) is 29.0 Å². The smallest absolute Gasteiger partial charge is 0.240 e. The molecular formula is C18H17N5O4S. The molecule has 1 aliphatic rings. The highest BCUT2D eigenvalue weighted by Gasteiger charge is 2.17. The molecule has 3 N–H and O–H groups in total. The molecular weight excluding hydrogens is 382 g/mol. The topological polar surface area (TPSA) is 114 Å². The van der Waals surface area contributed by atoms with Gasteiger partial charge in [0.1, 0.15) is 5.82 Å². The summed E-state index contributed by atoms with van der Waals surface area (Å²) in [4.78, 5) is 8.73. The third-order valence-electron chi connectivity index (χ3n) is 3.98. The molecule has 3 aromatic rings. The number of hydrogen-bond donors (Lipinski definition) is 3. The van der Waals surface area contributed by atoms with Crippen molar-refractivity contribution in [1.82, 2.24) is 14.7 Å². The summed E-state index contributed by atoms with van der Waals surface area (Å²) in [6, 6.07) is 13.6. The molecule has 0 unspecified atom stereocenters. The Balaban J connectivity index is 1.55. The highest BCUT2D eigenvalue weighted by molar-refractivity contribution is 7.89. The Kier molecular flexibility index (Phi) is 4.72. The number of sulfonamides is 1. The molecule has 0 aliphatic carbocycles. The van der Waals surface area contributed by atoms with Crippen LogP contribution in [0.3, 0.4) is 0 Å². The average molecular weight is 399 g/mol. The molecule has 2 heterocycles. The first-order chi connectivity index (χ1) is 13.5. The van der Waals surface area contributed by atoms with Gasteiger partial charge in [-0.25, -0.2) is 18.1 Å². The van der Waals surface area contributed by atoms with Gasteiger partial charge in [-0.15, -0.1) is 0 Å². The van der Waals surface area contributed by atoms with Gasteiger partial charge in [-0.2, -0.15) is 4.98 Å². The van der Waals surface area contributed by atoms with Crippen molar-refractivity contribution in [1.29, 1.82) is 0 Å². The van der Waals surface area contributed by atoms with Gasteiger partial charge in [0.25, 0.3) is 0 Å². The molecule has 0 bridgehead atoms. The highest BCUT2D eigenvalue weighted by Crippen LogP contribution is 2.39. The zero-order chi connectivity index (χ0) is 19.6. The quantitative estimate of drug-likeness (QED) is 0.579. The summed E-state index contributed by atoms with van der Waals surface area (Å²) in [5, 5.41) is 6.18. The summed E-state index contributed by atoms with van der Waals surface area (Å²) >= 11 is 0. The molecule has 28 heavy (non-hydrogen) atoms. The molecule has 0 saturated carbocycles. The third-order valence-corrected chi connectivity index (χ3v) is 5.40. The number of anilines is 4. The summed E-state index contributed by atoms with van der Waals surface area (Å²) in [5.41, 5.74) is 1.27. The molecule has 1 aromatic heterocycles. The molecule has 0 amide bonds. The molecule has 0 fully saturated rings. The van der Waals surface area contributed by atoms with E-state index < -0.39 is 10.0 Å². The monoisotopic (exact) mass is 399 g/mol. The van der Waals surface area contributed by atoms with Crippen LogP contribution in [0.5, 0.6) is 11.5 Å². The fourth-order valence-electron chi connectivity index (χ4n) is 2.64. The first kappa shape index (κ1) is 18.0. The molecule has 2 aromatic carbocycles. The van der Waals surface area contributed by atoms with Gasteiger partial charge in [-0.3, -0.25) is 0 Å². The van der Waals surface area contributed by atoms with Gasteiger partial charge in [0, 0.05) is 11.9 Å². The summed E-state index contributed by atoms with van der Waals surface area (Å²) in [6.07, 6.45) is 1.59. The zero-order valence-electron chi connectivity index (χ0n) is 14.8. The third kappa shape index (κ3) is 3.68. The molecule has 9 nitrogen and oxygen atoms in total. The van der Waals surface area contributed by atoms with E-state index in [2.05, 4.69) is 25.3 Å². The van der Waals surface area contributed by atoms with Crippen LogP contribution in [-0.4, -0.2) is 32.2 Å². The molecule has 0 atom stereocenters. The molecule has 1 aliphatic heterocycles. The van der Waals surface area contributed by atoms with Crippen molar-refractivity contribution < 1.29 is 17.9 Å². The maximum absolute atomic E-state index is 12.0. The second-order valence-corrected chi connectivity index (χ2v) is 7.68. The Morgan fingerprint density at radius 1 is 1.04 bits per heavy atom. The van der Waals surface area contributed by atoms with E-state index in [-0.39, 0.29) is 11.7 Å². The summed E-state index contributed by atoms with van der Waals surface area (Å²) in [5.74, 6) is 2.15. The van der Waals surface area contributed by atoms with Crippen molar-refractivity contribution in [3.63, 3.8) is 0 Å². The van der Waals surface area contributed by atoms with E-state index in [1.807, 2.05) is 18.2 Å². The average Bonchev–Trinajstić information content (AvgIpc) is 3.18. The molecule has 10 heteroatoms. The molecule has 0 radical (unpaired) electrons. The van der Waals surface area contributed by atoms with E-state index in [0.717, 1.165) is 5.69 Å². The number of hydrogen-bond acceptors (Lipinski definition) is 8. The fraction of sp³-hybridized carbons (Fsp3) is 0.111. The largest absolute Gasteiger partial charge is 0.454 e. The Morgan fingerprint density at radius 2 is 1.89 bits per heavy atom. The fourth-order valence-corrected chi connectivity index (χ4v) is 3.42. The lowest BCUT2D eigenvalue weighted by Crippen LogP contribution is -2.18. The Labute approximate surface area is 161 Å². The van der Waals surface area contributed by atoms with Crippen molar-refractivity contribution in [2.75, 3.05) is 24.5 Å². The number of ether oxygens (including phenoxy) is 2. The second-order valence-electron chi connectivity index (χ2n) is 5.79. The van der Waals surface area contributed by atoms with Gasteiger partial charge in [0.15, 0.2) is 11.5 Å². The van der Waals surface area contributed by atoms with Crippen molar-refractivity contribution in [3.05, 3.63) is 54.7 Å². The van der Waals surface area contributed by atoms with Crippen LogP contribution in [0.1, 0.15) is 0 Å². The maximum Gasteiger partial charge on any atom is 0.240 e. The SMILES string of the molecule is CNS(=O)(=O)c1cccc(Nc2nccc(Nc3cccc4c3OCO4)n2)c1. The van der Waals surface area contributed by atoms with Crippen molar-refractivity contribution in [2.45, 2.75) is 4.90 Å². The zero-order valence-corrected chi connectivity index (χ0v) is 15.7. The number of nitrogens with zero attached hydrogens (tertiary/aromatic N) is 2. The minimum atomic E-state index is -3.54. The van der Waals surface area contributed by atoms with Crippen molar-refractivity contribution in [2.24, 2.45) is 0 Å². The van der Waals surface area contributed by atoms with Crippen molar-refractivity contribution >= 4 is 33.2 Å². The van der Waals surface area contributed by atoms with E-state index in [1.54, 1.807) is 24.4 Å². The summed E-state index contributed by atoms with van der Waals surface area (Å²) in [7, 11) is -2.17. The van der Waals surface area contributed by atoms with Gasteiger partial charge >= 0.3 is 0 Å². The van der Waals surface area contributed by atoms with Gasteiger partial charge in [-0.1, -0.05) is 12.1 Å². The van der Waals surface area contributed by atoms with Gasteiger partial charge in [0.2, 0.25) is 22.8 Å². The number of rotatable bonds is 6.